The monoisotopic (exact) mass is 256 g/mol. The molecule has 0 aromatic carbocycles. The lowest BCUT2D eigenvalue weighted by molar-refractivity contribution is -0.144. The molecule has 0 aliphatic carbocycles. The average Bonchev–Trinajstić information content (AvgIpc) is 3.24. The highest BCUT2D eigenvalue weighted by Crippen LogP contribution is 2.13. The van der Waals surface area contributed by atoms with Gasteiger partial charge in [0.1, 0.15) is 25.4 Å². The number of hydrogen-bond donors (Lipinski definition) is 0. The van der Waals surface area contributed by atoms with E-state index in [1.54, 1.807) is 0 Å². The van der Waals surface area contributed by atoms with Crippen molar-refractivity contribution in [3.05, 3.63) is 12.2 Å². The van der Waals surface area contributed by atoms with Crippen LogP contribution in [0, 0.1) is 0 Å². The summed E-state index contributed by atoms with van der Waals surface area (Å²) in [4.78, 5) is 22.7. The molecule has 0 radical (unpaired) electrons. The highest BCUT2D eigenvalue weighted by molar-refractivity contribution is 5.88. The van der Waals surface area contributed by atoms with Crippen LogP contribution in [0.25, 0.3) is 0 Å². The fraction of sp³-hybridized carbons (Fsp3) is 0.667. The number of carbonyl (C=O) groups excluding carboxylic acids is 2. The molecule has 0 aromatic heterocycles. The van der Waals surface area contributed by atoms with Crippen molar-refractivity contribution in [3.63, 3.8) is 0 Å². The normalized spacial score (nSPS) is 24.2. The second kappa shape index (κ2) is 5.97. The quantitative estimate of drug-likeness (QED) is 0.351. The van der Waals surface area contributed by atoms with Gasteiger partial charge in [0.2, 0.25) is 0 Å². The molecule has 2 aliphatic heterocycles. The summed E-state index contributed by atoms with van der Waals surface area (Å²) in [6.45, 7) is 5.41. The molecule has 100 valence electrons. The lowest BCUT2D eigenvalue weighted by atomic mass is 10.2. The van der Waals surface area contributed by atoms with Gasteiger partial charge in [0.15, 0.2) is 0 Å². The first kappa shape index (κ1) is 13.0. The van der Waals surface area contributed by atoms with Gasteiger partial charge in [-0.3, -0.25) is 4.79 Å². The number of esters is 2. The van der Waals surface area contributed by atoms with Crippen molar-refractivity contribution in [3.8, 4) is 0 Å². The molecule has 2 fully saturated rings. The Morgan fingerprint density at radius 1 is 1.06 bits per heavy atom. The SMILES string of the molecule is C=C(CCC(=O)OCC1CO1)C(=O)OCC1CO1. The van der Waals surface area contributed by atoms with Gasteiger partial charge in [-0.05, 0) is 6.42 Å². The average molecular weight is 256 g/mol. The molecule has 6 heteroatoms. The zero-order chi connectivity index (χ0) is 13.0. The summed E-state index contributed by atoms with van der Waals surface area (Å²) in [5.41, 5.74) is 0.273. The second-order valence-electron chi connectivity index (χ2n) is 4.30. The van der Waals surface area contributed by atoms with Crippen molar-refractivity contribution in [2.45, 2.75) is 25.0 Å². The summed E-state index contributed by atoms with van der Waals surface area (Å²) in [6, 6.07) is 0. The third-order valence-electron chi connectivity index (χ3n) is 2.55. The van der Waals surface area contributed by atoms with Crippen molar-refractivity contribution < 1.29 is 28.5 Å². The van der Waals surface area contributed by atoms with Gasteiger partial charge >= 0.3 is 11.9 Å². The number of rotatable bonds is 8. The molecule has 2 heterocycles. The van der Waals surface area contributed by atoms with Crippen LogP contribution in [0.5, 0.6) is 0 Å². The molecule has 2 unspecified atom stereocenters. The minimum Gasteiger partial charge on any atom is -0.463 e. The van der Waals surface area contributed by atoms with E-state index >= 15 is 0 Å². The molecule has 0 amide bonds. The highest BCUT2D eigenvalue weighted by Gasteiger charge is 2.25. The first-order valence-corrected chi connectivity index (χ1v) is 5.89. The molecule has 2 atom stereocenters. The lowest BCUT2D eigenvalue weighted by Crippen LogP contribution is -2.14. The molecule has 2 saturated heterocycles. The van der Waals surface area contributed by atoms with Gasteiger partial charge in [-0.15, -0.1) is 0 Å². The minimum atomic E-state index is -0.483. The zero-order valence-electron chi connectivity index (χ0n) is 10.1. The Hall–Kier alpha value is -1.40. The number of carbonyl (C=O) groups is 2. The molecular formula is C12H16O6. The molecule has 6 nitrogen and oxygen atoms in total. The summed E-state index contributed by atoms with van der Waals surface area (Å²) in [5.74, 6) is -0.839. The van der Waals surface area contributed by atoms with E-state index in [0.29, 0.717) is 13.2 Å². The Kier molecular flexibility index (Phi) is 4.33. The molecule has 0 bridgehead atoms. The maximum atomic E-state index is 11.4. The molecular weight excluding hydrogens is 240 g/mol. The Morgan fingerprint density at radius 3 is 2.17 bits per heavy atom. The predicted molar refractivity (Wildman–Crippen MR) is 59.8 cm³/mol. The van der Waals surface area contributed by atoms with Crippen molar-refractivity contribution in [2.24, 2.45) is 0 Å². The Balaban J connectivity index is 1.54. The summed E-state index contributed by atoms with van der Waals surface area (Å²) in [5, 5.41) is 0. The van der Waals surface area contributed by atoms with Gasteiger partial charge in [-0.25, -0.2) is 4.79 Å². The van der Waals surface area contributed by atoms with Gasteiger partial charge in [-0.2, -0.15) is 0 Å². The van der Waals surface area contributed by atoms with Crippen molar-refractivity contribution >= 4 is 11.9 Å². The largest absolute Gasteiger partial charge is 0.463 e. The van der Waals surface area contributed by atoms with Gasteiger partial charge in [-0.1, -0.05) is 6.58 Å². The predicted octanol–water partition coefficient (Wildman–Crippen LogP) is 0.207. The van der Waals surface area contributed by atoms with E-state index in [1.165, 1.54) is 0 Å². The molecule has 2 rings (SSSR count). The van der Waals surface area contributed by atoms with E-state index in [9.17, 15) is 9.59 Å². The van der Waals surface area contributed by atoms with Crippen molar-refractivity contribution in [1.29, 1.82) is 0 Å². The molecule has 0 saturated carbocycles. The Labute approximate surface area is 105 Å². The maximum Gasteiger partial charge on any atom is 0.333 e. The van der Waals surface area contributed by atoms with Crippen LogP contribution in [0.3, 0.4) is 0 Å². The van der Waals surface area contributed by atoms with Crippen LogP contribution < -0.4 is 0 Å². The standard InChI is InChI=1S/C12H16O6/c1-8(12(14)18-7-10-5-16-10)2-3-11(13)17-6-9-4-15-9/h9-10H,1-7H2. The number of epoxide rings is 2. The van der Waals surface area contributed by atoms with Gasteiger partial charge < -0.3 is 18.9 Å². The first-order valence-electron chi connectivity index (χ1n) is 5.89. The topological polar surface area (TPSA) is 77.7 Å². The number of ether oxygens (including phenoxy) is 4. The van der Waals surface area contributed by atoms with E-state index in [-0.39, 0.29) is 49.8 Å². The molecule has 18 heavy (non-hydrogen) atoms. The maximum absolute atomic E-state index is 11.4. The van der Waals surface area contributed by atoms with Crippen LogP contribution in [0.1, 0.15) is 12.8 Å². The third-order valence-corrected chi connectivity index (χ3v) is 2.55. The van der Waals surface area contributed by atoms with Crippen LogP contribution in [0.15, 0.2) is 12.2 Å². The Bertz CT molecular complexity index is 342. The van der Waals surface area contributed by atoms with E-state index in [1.807, 2.05) is 0 Å². The van der Waals surface area contributed by atoms with E-state index in [4.69, 9.17) is 18.9 Å². The minimum absolute atomic E-state index is 0.0326. The summed E-state index contributed by atoms with van der Waals surface area (Å²) in [6.07, 6.45) is 0.459. The van der Waals surface area contributed by atoms with Crippen LogP contribution in [-0.2, 0) is 28.5 Å². The number of hydrogen-bond acceptors (Lipinski definition) is 6. The molecule has 0 spiro atoms. The van der Waals surface area contributed by atoms with E-state index in [2.05, 4.69) is 6.58 Å². The van der Waals surface area contributed by atoms with Gasteiger partial charge in [0, 0.05) is 12.0 Å². The summed E-state index contributed by atoms with van der Waals surface area (Å²) >= 11 is 0. The fourth-order valence-corrected chi connectivity index (χ4v) is 1.21. The van der Waals surface area contributed by atoms with E-state index < -0.39 is 5.97 Å². The highest BCUT2D eigenvalue weighted by atomic mass is 16.6. The van der Waals surface area contributed by atoms with Crippen LogP contribution in [0.2, 0.25) is 0 Å². The second-order valence-corrected chi connectivity index (χ2v) is 4.30. The zero-order valence-corrected chi connectivity index (χ0v) is 10.1. The van der Waals surface area contributed by atoms with Crippen LogP contribution in [0.4, 0.5) is 0 Å². The third kappa shape index (κ3) is 4.85. The molecule has 0 aromatic rings. The lowest BCUT2D eigenvalue weighted by Gasteiger charge is -2.06. The van der Waals surface area contributed by atoms with Crippen LogP contribution >= 0.6 is 0 Å². The smallest absolute Gasteiger partial charge is 0.333 e. The van der Waals surface area contributed by atoms with Crippen LogP contribution in [-0.4, -0.2) is 50.6 Å². The van der Waals surface area contributed by atoms with E-state index in [0.717, 1.165) is 0 Å². The Morgan fingerprint density at radius 2 is 1.61 bits per heavy atom. The molecule has 2 aliphatic rings. The first-order chi connectivity index (χ1) is 8.65. The van der Waals surface area contributed by atoms with Gasteiger partial charge in [0.25, 0.3) is 0 Å². The van der Waals surface area contributed by atoms with Crippen molar-refractivity contribution in [2.75, 3.05) is 26.4 Å². The fourth-order valence-electron chi connectivity index (χ4n) is 1.21. The summed E-state index contributed by atoms with van der Waals surface area (Å²) < 4.78 is 19.7. The molecule has 0 N–H and O–H groups in total. The summed E-state index contributed by atoms with van der Waals surface area (Å²) in [7, 11) is 0. The van der Waals surface area contributed by atoms with Gasteiger partial charge in [0.05, 0.1) is 13.2 Å². The van der Waals surface area contributed by atoms with Crippen molar-refractivity contribution in [1.82, 2.24) is 0 Å².